The Hall–Kier alpha value is -4.28. The van der Waals surface area contributed by atoms with E-state index in [2.05, 4.69) is 10.1 Å². The number of hydroxylamine groups is 2. The summed E-state index contributed by atoms with van der Waals surface area (Å²) in [7, 11) is 3.61. The van der Waals surface area contributed by atoms with Crippen molar-refractivity contribution in [1.29, 1.82) is 0 Å². The molecular formula is C30H28F2N6O2. The van der Waals surface area contributed by atoms with Gasteiger partial charge >= 0.3 is 0 Å². The third kappa shape index (κ3) is 4.80. The van der Waals surface area contributed by atoms with E-state index in [1.165, 1.54) is 6.07 Å². The monoisotopic (exact) mass is 542 g/mol. The molecule has 0 aliphatic carbocycles. The van der Waals surface area contributed by atoms with Gasteiger partial charge in [-0.15, -0.1) is 0 Å². The van der Waals surface area contributed by atoms with Crippen LogP contribution in [0.3, 0.4) is 0 Å². The summed E-state index contributed by atoms with van der Waals surface area (Å²) in [6.07, 6.45) is 3.37. The Balaban J connectivity index is 1.31. The predicted octanol–water partition coefficient (Wildman–Crippen LogP) is 5.14. The molecule has 2 atom stereocenters. The van der Waals surface area contributed by atoms with E-state index in [0.717, 1.165) is 51.4 Å². The molecule has 2 aromatic carbocycles. The first-order valence-electron chi connectivity index (χ1n) is 13.0. The Morgan fingerprint density at radius 3 is 2.62 bits per heavy atom. The van der Waals surface area contributed by atoms with E-state index in [1.54, 1.807) is 29.2 Å². The maximum atomic E-state index is 14.0. The van der Waals surface area contributed by atoms with E-state index in [1.807, 2.05) is 55.1 Å². The van der Waals surface area contributed by atoms with Crippen LogP contribution in [-0.4, -0.2) is 49.0 Å². The molecule has 0 amide bonds. The number of aromatic nitrogens is 5. The Morgan fingerprint density at radius 2 is 1.85 bits per heavy atom. The van der Waals surface area contributed by atoms with Crippen molar-refractivity contribution in [2.45, 2.75) is 25.9 Å². The lowest BCUT2D eigenvalue weighted by Crippen LogP contribution is -2.19. The molecule has 0 spiro atoms. The second-order valence-electron chi connectivity index (χ2n) is 10.3. The van der Waals surface area contributed by atoms with Gasteiger partial charge in [-0.25, -0.2) is 18.4 Å². The summed E-state index contributed by atoms with van der Waals surface area (Å²) in [5.74, 6) is -2.06. The quantitative estimate of drug-likeness (QED) is 0.283. The fourth-order valence-electron chi connectivity index (χ4n) is 5.46. The van der Waals surface area contributed by atoms with Crippen LogP contribution in [0.25, 0.3) is 28.0 Å². The van der Waals surface area contributed by atoms with E-state index < -0.39 is 17.7 Å². The predicted molar refractivity (Wildman–Crippen MR) is 145 cm³/mol. The number of pyridine rings is 1. The molecule has 5 aromatic rings. The molecule has 1 aliphatic rings. The summed E-state index contributed by atoms with van der Waals surface area (Å²) in [6.45, 7) is 2.46. The van der Waals surface area contributed by atoms with Gasteiger partial charge in [0, 0.05) is 56.5 Å². The molecule has 0 saturated carbocycles. The Bertz CT molecular complexity index is 1710. The minimum atomic E-state index is -0.936. The minimum absolute atomic E-state index is 0.00375. The zero-order valence-corrected chi connectivity index (χ0v) is 22.4. The van der Waals surface area contributed by atoms with Gasteiger partial charge in [0.25, 0.3) is 0 Å². The van der Waals surface area contributed by atoms with Crippen molar-refractivity contribution in [2.75, 3.05) is 13.6 Å². The molecule has 0 radical (unpaired) electrons. The van der Waals surface area contributed by atoms with Crippen molar-refractivity contribution in [2.24, 2.45) is 13.0 Å². The van der Waals surface area contributed by atoms with Crippen molar-refractivity contribution < 1.29 is 18.4 Å². The number of para-hydroxylation sites is 1. The van der Waals surface area contributed by atoms with Crippen LogP contribution in [0.1, 0.15) is 29.3 Å². The van der Waals surface area contributed by atoms with E-state index in [-0.39, 0.29) is 24.5 Å². The van der Waals surface area contributed by atoms with Crippen LogP contribution < -0.4 is 0 Å². The summed E-state index contributed by atoms with van der Waals surface area (Å²) in [6, 6.07) is 15.4. The highest BCUT2D eigenvalue weighted by Crippen LogP contribution is 2.37. The van der Waals surface area contributed by atoms with Gasteiger partial charge in [-0.2, -0.15) is 15.3 Å². The van der Waals surface area contributed by atoms with Gasteiger partial charge < -0.3 is 0 Å². The Labute approximate surface area is 229 Å². The number of ketones is 1. The fraction of sp³-hybridized carbons (Fsp3) is 0.267. The number of halogens is 2. The normalized spacial score (nSPS) is 17.6. The van der Waals surface area contributed by atoms with Gasteiger partial charge in [0.1, 0.15) is 11.9 Å². The summed E-state index contributed by atoms with van der Waals surface area (Å²) < 4.78 is 31.0. The molecule has 0 bridgehead atoms. The number of rotatable bonds is 7. The molecule has 40 heavy (non-hydrogen) atoms. The summed E-state index contributed by atoms with van der Waals surface area (Å²) in [5, 5.41) is 11.8. The van der Waals surface area contributed by atoms with Crippen LogP contribution in [0.2, 0.25) is 0 Å². The number of benzene rings is 2. The average Bonchev–Trinajstić information content (AvgIpc) is 3.61. The molecule has 1 aliphatic heterocycles. The molecule has 6 rings (SSSR count). The van der Waals surface area contributed by atoms with Crippen molar-refractivity contribution in [3.63, 3.8) is 0 Å². The van der Waals surface area contributed by atoms with Crippen LogP contribution in [0, 0.1) is 24.5 Å². The zero-order chi connectivity index (χ0) is 28.0. The van der Waals surface area contributed by atoms with Crippen LogP contribution in [0.5, 0.6) is 0 Å². The van der Waals surface area contributed by atoms with Crippen molar-refractivity contribution in [3.8, 4) is 16.9 Å². The molecule has 4 heterocycles. The third-order valence-corrected chi connectivity index (χ3v) is 7.43. The summed E-state index contributed by atoms with van der Waals surface area (Å²) in [5.41, 5.74) is 5.39. The smallest absolute Gasteiger partial charge is 0.159 e. The Morgan fingerprint density at radius 1 is 1.05 bits per heavy atom. The van der Waals surface area contributed by atoms with Crippen LogP contribution >= 0.6 is 0 Å². The molecule has 3 aromatic heterocycles. The molecule has 10 heteroatoms. The fourth-order valence-corrected chi connectivity index (χ4v) is 5.46. The SMILES string of the molecule is Cc1c(-c2cnc3c(cnn3C)c2)nn(-c2ccccc2)c1CC(=O)C[C@@H]1CN(C)O[C@H]1c1ccc(F)c(F)c1. The van der Waals surface area contributed by atoms with Gasteiger partial charge in [0.15, 0.2) is 17.3 Å². The van der Waals surface area contributed by atoms with Gasteiger partial charge in [0.2, 0.25) is 0 Å². The van der Waals surface area contributed by atoms with Crippen molar-refractivity contribution >= 4 is 16.8 Å². The van der Waals surface area contributed by atoms with Gasteiger partial charge in [0.05, 0.1) is 23.3 Å². The maximum Gasteiger partial charge on any atom is 0.159 e. The molecule has 1 saturated heterocycles. The maximum absolute atomic E-state index is 14.0. The standard InChI is InChI=1S/C30H28F2N6O2/c1-18-27(14-24(39)12-22-17-36(2)40-29(22)19-9-10-25(31)26(32)13-19)38(23-7-5-4-6-8-23)35-28(18)20-11-21-16-34-37(3)30(21)33-15-20/h4-11,13,15-16,22,29H,12,14,17H2,1-3H3/t22-,29+/m1/s1. The van der Waals surface area contributed by atoms with Gasteiger partial charge in [-0.3, -0.25) is 14.3 Å². The van der Waals surface area contributed by atoms with Crippen LogP contribution in [0.15, 0.2) is 67.0 Å². The lowest BCUT2D eigenvalue weighted by molar-refractivity contribution is -0.132. The van der Waals surface area contributed by atoms with Crippen molar-refractivity contribution in [3.05, 3.63) is 95.4 Å². The average molecular weight is 543 g/mol. The lowest BCUT2D eigenvalue weighted by Gasteiger charge is -2.17. The number of fused-ring (bicyclic) bond motifs is 1. The number of aryl methyl sites for hydroxylation is 1. The first-order valence-corrected chi connectivity index (χ1v) is 13.0. The number of hydrogen-bond donors (Lipinski definition) is 0. The number of nitrogens with zero attached hydrogens (tertiary/aromatic N) is 6. The molecule has 0 unspecified atom stereocenters. The van der Waals surface area contributed by atoms with E-state index in [4.69, 9.17) is 9.94 Å². The second kappa shape index (κ2) is 10.4. The molecule has 1 fully saturated rings. The highest BCUT2D eigenvalue weighted by molar-refractivity contribution is 5.83. The number of Topliss-reactive ketones (excluding diaryl/α,β-unsaturated/α-hetero) is 1. The third-order valence-electron chi connectivity index (χ3n) is 7.43. The minimum Gasteiger partial charge on any atom is -0.299 e. The first-order chi connectivity index (χ1) is 19.3. The highest BCUT2D eigenvalue weighted by atomic mass is 19.2. The van der Waals surface area contributed by atoms with E-state index in [0.29, 0.717) is 12.1 Å². The van der Waals surface area contributed by atoms with Crippen LogP contribution in [0.4, 0.5) is 8.78 Å². The lowest BCUT2D eigenvalue weighted by atomic mass is 9.90. The highest BCUT2D eigenvalue weighted by Gasteiger charge is 2.36. The number of hydrogen-bond acceptors (Lipinski definition) is 6. The molecule has 204 valence electrons. The Kier molecular flexibility index (Phi) is 6.73. The van der Waals surface area contributed by atoms with E-state index in [9.17, 15) is 13.6 Å². The summed E-state index contributed by atoms with van der Waals surface area (Å²) >= 11 is 0. The first kappa shape index (κ1) is 26.0. The largest absolute Gasteiger partial charge is 0.299 e. The molecule has 0 N–H and O–H groups in total. The second-order valence-corrected chi connectivity index (χ2v) is 10.3. The van der Waals surface area contributed by atoms with Gasteiger partial charge in [-0.05, 0) is 48.4 Å². The van der Waals surface area contributed by atoms with E-state index >= 15 is 0 Å². The van der Waals surface area contributed by atoms with Gasteiger partial charge in [-0.1, -0.05) is 24.3 Å². The summed E-state index contributed by atoms with van der Waals surface area (Å²) in [4.78, 5) is 24.0. The zero-order valence-electron chi connectivity index (χ0n) is 22.4. The van der Waals surface area contributed by atoms with Crippen molar-refractivity contribution in [1.82, 2.24) is 29.6 Å². The molecule has 8 nitrogen and oxygen atoms in total. The number of carbonyl (C=O) groups is 1. The van der Waals surface area contributed by atoms with Crippen LogP contribution in [-0.2, 0) is 23.1 Å². The number of carbonyl (C=O) groups excluding carboxylic acids is 1. The topological polar surface area (TPSA) is 78.1 Å². The molecular weight excluding hydrogens is 514 g/mol.